The number of piperidine rings is 1. The summed E-state index contributed by atoms with van der Waals surface area (Å²) in [5.41, 5.74) is 0. The first kappa shape index (κ1) is 18.2. The van der Waals surface area contributed by atoms with Crippen LogP contribution in [0.1, 0.15) is 51.4 Å². The summed E-state index contributed by atoms with van der Waals surface area (Å²) in [5, 5.41) is 0. The van der Waals surface area contributed by atoms with Gasteiger partial charge in [-0.1, -0.05) is 31.0 Å². The van der Waals surface area contributed by atoms with E-state index in [1.807, 2.05) is 30.3 Å². The minimum absolute atomic E-state index is 0.143. The summed E-state index contributed by atoms with van der Waals surface area (Å²) >= 11 is 0. The van der Waals surface area contributed by atoms with E-state index in [2.05, 4.69) is 9.80 Å². The first-order valence-corrected chi connectivity index (χ1v) is 10.0. The molecule has 1 aromatic rings. The Bertz CT molecular complexity index is 512. The summed E-state index contributed by atoms with van der Waals surface area (Å²) < 4.78 is 5.68. The lowest BCUT2D eigenvalue weighted by Gasteiger charge is -2.37. The van der Waals surface area contributed by atoms with Gasteiger partial charge in [0, 0.05) is 19.1 Å². The van der Waals surface area contributed by atoms with Crippen molar-refractivity contribution in [2.24, 2.45) is 0 Å². The maximum atomic E-state index is 12.7. The summed E-state index contributed by atoms with van der Waals surface area (Å²) in [6, 6.07) is 10.0. The van der Waals surface area contributed by atoms with Gasteiger partial charge in [0.25, 0.3) is 5.91 Å². The second-order valence-corrected chi connectivity index (χ2v) is 7.38. The van der Waals surface area contributed by atoms with Gasteiger partial charge in [-0.2, -0.15) is 0 Å². The maximum Gasteiger partial charge on any atom is 0.260 e. The number of rotatable bonds is 6. The smallest absolute Gasteiger partial charge is 0.260 e. The Labute approximate surface area is 152 Å². The molecule has 2 saturated heterocycles. The van der Waals surface area contributed by atoms with Crippen LogP contribution in [0, 0.1) is 0 Å². The summed E-state index contributed by atoms with van der Waals surface area (Å²) in [4.78, 5) is 17.4. The van der Waals surface area contributed by atoms with Gasteiger partial charge in [0.05, 0.1) is 0 Å². The van der Waals surface area contributed by atoms with Crippen molar-refractivity contribution < 1.29 is 9.53 Å². The second kappa shape index (κ2) is 9.81. The highest BCUT2D eigenvalue weighted by Gasteiger charge is 2.27. The third-order valence-electron chi connectivity index (χ3n) is 5.53. The van der Waals surface area contributed by atoms with Crippen molar-refractivity contribution in [3.05, 3.63) is 30.3 Å². The first-order valence-electron chi connectivity index (χ1n) is 10.0. The van der Waals surface area contributed by atoms with Crippen LogP contribution in [0.4, 0.5) is 0 Å². The lowest BCUT2D eigenvalue weighted by molar-refractivity contribution is -0.137. The molecule has 3 rings (SSSR count). The molecule has 0 spiro atoms. The molecule has 2 aliphatic rings. The Morgan fingerprint density at radius 2 is 1.68 bits per heavy atom. The highest BCUT2D eigenvalue weighted by Crippen LogP contribution is 2.21. The van der Waals surface area contributed by atoms with Crippen LogP contribution in [0.15, 0.2) is 30.3 Å². The van der Waals surface area contributed by atoms with Gasteiger partial charge in [-0.3, -0.25) is 4.79 Å². The molecule has 4 heteroatoms. The van der Waals surface area contributed by atoms with E-state index in [9.17, 15) is 4.79 Å². The van der Waals surface area contributed by atoms with E-state index < -0.39 is 0 Å². The molecule has 138 valence electrons. The molecule has 0 bridgehead atoms. The number of likely N-dealkylation sites (tertiary alicyclic amines) is 2. The van der Waals surface area contributed by atoms with Crippen molar-refractivity contribution >= 4 is 5.91 Å². The van der Waals surface area contributed by atoms with Crippen molar-refractivity contribution in [2.75, 3.05) is 32.8 Å². The molecule has 2 heterocycles. The van der Waals surface area contributed by atoms with Crippen LogP contribution in [0.5, 0.6) is 5.75 Å². The number of benzene rings is 1. The summed E-state index contributed by atoms with van der Waals surface area (Å²) in [6.07, 6.45) is 10.0. The largest absolute Gasteiger partial charge is 0.484 e. The maximum absolute atomic E-state index is 12.7. The number of ether oxygens (including phenoxy) is 1. The van der Waals surface area contributed by atoms with Gasteiger partial charge in [0.1, 0.15) is 5.75 Å². The molecule has 0 radical (unpaired) electrons. The molecule has 1 aromatic carbocycles. The predicted octanol–water partition coefficient (Wildman–Crippen LogP) is 3.71. The summed E-state index contributed by atoms with van der Waals surface area (Å²) in [7, 11) is 0. The molecule has 1 atom stereocenters. The zero-order valence-electron chi connectivity index (χ0n) is 15.4. The highest BCUT2D eigenvalue weighted by molar-refractivity contribution is 5.78. The first-order chi connectivity index (χ1) is 12.3. The number of carbonyl (C=O) groups excluding carboxylic acids is 1. The lowest BCUT2D eigenvalue weighted by atomic mass is 9.99. The molecule has 2 aliphatic heterocycles. The van der Waals surface area contributed by atoms with E-state index >= 15 is 0 Å². The molecular weight excluding hydrogens is 312 g/mol. The number of nitrogens with zero attached hydrogens (tertiary/aromatic N) is 2. The number of para-hydroxylation sites is 1. The molecule has 1 amide bonds. The second-order valence-electron chi connectivity index (χ2n) is 7.38. The van der Waals surface area contributed by atoms with E-state index in [-0.39, 0.29) is 12.5 Å². The summed E-state index contributed by atoms with van der Waals surface area (Å²) in [5.74, 6) is 0.915. The van der Waals surface area contributed by atoms with E-state index in [1.54, 1.807) is 0 Å². The lowest BCUT2D eigenvalue weighted by Crippen LogP contribution is -2.47. The van der Waals surface area contributed by atoms with Gasteiger partial charge >= 0.3 is 0 Å². The molecule has 2 fully saturated rings. The normalized spacial score (nSPS) is 22.4. The molecule has 0 saturated carbocycles. The van der Waals surface area contributed by atoms with Gasteiger partial charge in [-0.15, -0.1) is 0 Å². The third-order valence-corrected chi connectivity index (χ3v) is 5.53. The van der Waals surface area contributed by atoms with Crippen molar-refractivity contribution in [1.29, 1.82) is 0 Å². The van der Waals surface area contributed by atoms with Gasteiger partial charge < -0.3 is 14.5 Å². The van der Waals surface area contributed by atoms with Gasteiger partial charge in [0.15, 0.2) is 6.61 Å². The zero-order valence-corrected chi connectivity index (χ0v) is 15.4. The highest BCUT2D eigenvalue weighted by atomic mass is 16.5. The number of hydrogen-bond donors (Lipinski definition) is 0. The molecule has 0 N–H and O–H groups in total. The third kappa shape index (κ3) is 5.74. The molecule has 4 nitrogen and oxygen atoms in total. The predicted molar refractivity (Wildman–Crippen MR) is 101 cm³/mol. The molecule has 25 heavy (non-hydrogen) atoms. The fraction of sp³-hybridized carbons (Fsp3) is 0.667. The summed E-state index contributed by atoms with van der Waals surface area (Å²) in [6.45, 7) is 4.65. The monoisotopic (exact) mass is 344 g/mol. The van der Waals surface area contributed by atoms with Crippen LogP contribution in [0.2, 0.25) is 0 Å². The van der Waals surface area contributed by atoms with Crippen molar-refractivity contribution in [3.8, 4) is 5.75 Å². The standard InChI is InChI=1S/C21H32N2O2/c24-21(18-25-20-11-4-3-5-12-20)23-16-9-6-10-19(23)13-17-22-14-7-1-2-8-15-22/h3-5,11-12,19H,1-2,6-10,13-18H2. The van der Waals surface area contributed by atoms with Crippen LogP contribution < -0.4 is 4.74 Å². The fourth-order valence-electron chi connectivity index (χ4n) is 4.07. The topological polar surface area (TPSA) is 32.8 Å². The van der Waals surface area contributed by atoms with Gasteiger partial charge in [-0.25, -0.2) is 0 Å². The van der Waals surface area contributed by atoms with E-state index in [0.717, 1.165) is 38.1 Å². The quantitative estimate of drug-likeness (QED) is 0.788. The number of amides is 1. The van der Waals surface area contributed by atoms with Crippen LogP contribution in [-0.2, 0) is 4.79 Å². The van der Waals surface area contributed by atoms with Crippen molar-refractivity contribution in [1.82, 2.24) is 9.80 Å². The van der Waals surface area contributed by atoms with E-state index in [0.29, 0.717) is 6.04 Å². The average molecular weight is 344 g/mol. The Morgan fingerprint density at radius 1 is 0.960 bits per heavy atom. The number of hydrogen-bond acceptors (Lipinski definition) is 3. The molecule has 0 aromatic heterocycles. The zero-order chi connectivity index (χ0) is 17.3. The molecule has 0 aliphatic carbocycles. The van der Waals surface area contributed by atoms with E-state index in [1.165, 1.54) is 45.2 Å². The van der Waals surface area contributed by atoms with Crippen molar-refractivity contribution in [2.45, 2.75) is 57.4 Å². The van der Waals surface area contributed by atoms with Crippen LogP contribution in [0.3, 0.4) is 0 Å². The minimum atomic E-state index is 0.143. The number of carbonyl (C=O) groups is 1. The SMILES string of the molecule is O=C(COc1ccccc1)N1CCCCC1CCN1CCCCCC1. The molecule has 1 unspecified atom stereocenters. The van der Waals surface area contributed by atoms with Crippen molar-refractivity contribution in [3.63, 3.8) is 0 Å². The Kier molecular flexibility index (Phi) is 7.16. The van der Waals surface area contributed by atoms with Crippen LogP contribution in [-0.4, -0.2) is 54.5 Å². The minimum Gasteiger partial charge on any atom is -0.484 e. The van der Waals surface area contributed by atoms with Gasteiger partial charge in [0.2, 0.25) is 0 Å². The van der Waals surface area contributed by atoms with Crippen LogP contribution in [0.25, 0.3) is 0 Å². The Hall–Kier alpha value is -1.55. The average Bonchev–Trinajstić information content (AvgIpc) is 2.94. The van der Waals surface area contributed by atoms with E-state index in [4.69, 9.17) is 4.74 Å². The Balaban J connectivity index is 1.48. The van der Waals surface area contributed by atoms with Gasteiger partial charge in [-0.05, 0) is 63.7 Å². The Morgan fingerprint density at radius 3 is 2.44 bits per heavy atom. The van der Waals surface area contributed by atoms with Crippen LogP contribution >= 0.6 is 0 Å². The fourth-order valence-corrected chi connectivity index (χ4v) is 4.07. The molecular formula is C21H32N2O2.